The van der Waals surface area contributed by atoms with Crippen LogP contribution in [0.3, 0.4) is 0 Å². The summed E-state index contributed by atoms with van der Waals surface area (Å²) in [6, 6.07) is 47.8. The Labute approximate surface area is 293 Å². The van der Waals surface area contributed by atoms with Crippen LogP contribution in [0, 0.1) is 0 Å². The second kappa shape index (κ2) is 11.7. The molecule has 0 N–H and O–H groups in total. The highest BCUT2D eigenvalue weighted by molar-refractivity contribution is 7.26. The molecule has 0 amide bonds. The molecule has 0 fully saturated rings. The van der Waals surface area contributed by atoms with Crippen molar-refractivity contribution in [3.8, 4) is 50.9 Å². The summed E-state index contributed by atoms with van der Waals surface area (Å²) in [4.78, 5) is 20.6. The fourth-order valence-electron chi connectivity index (χ4n) is 7.11. The Bertz CT molecular complexity index is 2570. The number of hydrogen-bond donors (Lipinski definition) is 0. The van der Waals surface area contributed by atoms with E-state index in [4.69, 9.17) is 24.7 Å². The number of allylic oxidation sites excluding steroid dienone is 2. The maximum absolute atomic E-state index is 6.69. The first kappa shape index (κ1) is 28.7. The molecule has 0 spiro atoms. The zero-order valence-electron chi connectivity index (χ0n) is 26.8. The van der Waals surface area contributed by atoms with Gasteiger partial charge in [-0.15, -0.1) is 11.3 Å². The van der Waals surface area contributed by atoms with E-state index < -0.39 is 0 Å². The van der Waals surface area contributed by atoms with Gasteiger partial charge in [-0.1, -0.05) is 133 Å². The van der Waals surface area contributed by atoms with Gasteiger partial charge in [0.05, 0.1) is 33.2 Å². The van der Waals surface area contributed by atoms with Gasteiger partial charge in [-0.05, 0) is 24.3 Å². The first-order chi connectivity index (χ1) is 24.8. The van der Waals surface area contributed by atoms with Crippen LogP contribution in [-0.2, 0) is 0 Å². The van der Waals surface area contributed by atoms with Gasteiger partial charge in [0.25, 0.3) is 0 Å². The molecule has 0 saturated heterocycles. The molecule has 3 aromatic heterocycles. The zero-order valence-corrected chi connectivity index (χ0v) is 27.6. The monoisotopic (exact) mass is 660 g/mol. The van der Waals surface area contributed by atoms with E-state index in [0.29, 0.717) is 5.82 Å². The summed E-state index contributed by atoms with van der Waals surface area (Å²) in [6.07, 6.45) is 6.20. The van der Waals surface area contributed by atoms with Gasteiger partial charge in [0.2, 0.25) is 0 Å². The van der Waals surface area contributed by atoms with Crippen LogP contribution in [0.25, 0.3) is 71.0 Å². The summed E-state index contributed by atoms with van der Waals surface area (Å²) in [7, 11) is 0. The smallest absolute Gasteiger partial charge is 0.160 e. The predicted octanol–water partition coefficient (Wildman–Crippen LogP) is 10.8. The number of benzene rings is 5. The number of nitrogens with zero attached hydrogens (tertiary/aromatic N) is 4. The first-order valence-corrected chi connectivity index (χ1v) is 17.5. The SMILES string of the molecule is C1=CC2Oc3cc(-c4cc(-c5ccccc5)nc(-c5ccccc5)n4)ccc3C2C(c2nc(-c3ccccc3)c3sc4ccccc4c3n2)=C1. The van der Waals surface area contributed by atoms with Crippen molar-refractivity contribution in [2.24, 2.45) is 0 Å². The summed E-state index contributed by atoms with van der Waals surface area (Å²) < 4.78 is 9.00. The summed E-state index contributed by atoms with van der Waals surface area (Å²) in [6.45, 7) is 0. The van der Waals surface area contributed by atoms with Gasteiger partial charge < -0.3 is 4.74 Å². The van der Waals surface area contributed by atoms with E-state index in [9.17, 15) is 0 Å². The van der Waals surface area contributed by atoms with Crippen LogP contribution in [0.5, 0.6) is 5.75 Å². The van der Waals surface area contributed by atoms with Crippen molar-refractivity contribution in [3.63, 3.8) is 0 Å². The Morgan fingerprint density at radius 2 is 1.24 bits per heavy atom. The highest BCUT2D eigenvalue weighted by Gasteiger charge is 2.39. The quantitative estimate of drug-likeness (QED) is 0.184. The zero-order chi connectivity index (χ0) is 33.0. The molecule has 1 aliphatic carbocycles. The van der Waals surface area contributed by atoms with E-state index in [2.05, 4.69) is 103 Å². The highest BCUT2D eigenvalue weighted by atomic mass is 32.1. The van der Waals surface area contributed by atoms with E-state index in [1.165, 1.54) is 4.70 Å². The van der Waals surface area contributed by atoms with Crippen molar-refractivity contribution in [2.75, 3.05) is 0 Å². The topological polar surface area (TPSA) is 60.8 Å². The number of aromatic nitrogens is 4. The van der Waals surface area contributed by atoms with Crippen molar-refractivity contribution in [1.29, 1.82) is 0 Å². The van der Waals surface area contributed by atoms with Crippen molar-refractivity contribution in [3.05, 3.63) is 169 Å². The van der Waals surface area contributed by atoms with Gasteiger partial charge >= 0.3 is 0 Å². The average molecular weight is 661 g/mol. The Morgan fingerprint density at radius 1 is 0.560 bits per heavy atom. The molecule has 236 valence electrons. The van der Waals surface area contributed by atoms with Crippen LogP contribution in [-0.4, -0.2) is 26.0 Å². The first-order valence-electron chi connectivity index (χ1n) is 16.7. The lowest BCUT2D eigenvalue weighted by atomic mass is 9.84. The van der Waals surface area contributed by atoms with Crippen molar-refractivity contribution in [2.45, 2.75) is 12.0 Å². The maximum atomic E-state index is 6.69. The molecule has 6 heteroatoms. The summed E-state index contributed by atoms with van der Waals surface area (Å²) in [5.41, 5.74) is 9.91. The van der Waals surface area contributed by atoms with E-state index in [1.54, 1.807) is 11.3 Å². The standard InChI is InChI=1S/C44H28N4OS/c1-4-13-27(14-5-1)34-26-35(46-43(45-34)29-17-8-3-9-18-29)30-23-24-31-37(25-30)49-36-21-12-20-33(39(31)36)44-47-40(28-15-6-2-7-16-28)42-41(48-44)32-19-10-11-22-38(32)50-42/h1-26,36,39H. The summed E-state index contributed by atoms with van der Waals surface area (Å²) in [5, 5.41) is 1.15. The van der Waals surface area contributed by atoms with Gasteiger partial charge in [0.1, 0.15) is 11.9 Å². The molecular formula is C44H28N4OS. The van der Waals surface area contributed by atoms with Crippen LogP contribution in [0.2, 0.25) is 0 Å². The predicted molar refractivity (Wildman–Crippen MR) is 203 cm³/mol. The minimum absolute atomic E-state index is 0.0415. The molecule has 50 heavy (non-hydrogen) atoms. The van der Waals surface area contributed by atoms with E-state index in [1.807, 2.05) is 54.6 Å². The largest absolute Gasteiger partial charge is 0.485 e. The molecule has 2 unspecified atom stereocenters. The van der Waals surface area contributed by atoms with Crippen molar-refractivity contribution in [1.82, 2.24) is 19.9 Å². The van der Waals surface area contributed by atoms with Gasteiger partial charge in [-0.2, -0.15) is 0 Å². The van der Waals surface area contributed by atoms with Gasteiger partial charge in [-0.3, -0.25) is 0 Å². The van der Waals surface area contributed by atoms with Gasteiger partial charge in [0, 0.05) is 43.5 Å². The molecule has 0 saturated carbocycles. The molecule has 2 aliphatic rings. The average Bonchev–Trinajstić information content (AvgIpc) is 3.76. The molecule has 0 radical (unpaired) electrons. The second-order valence-electron chi connectivity index (χ2n) is 12.6. The molecular weight excluding hydrogens is 633 g/mol. The molecule has 10 rings (SSSR count). The van der Waals surface area contributed by atoms with Crippen LogP contribution in [0.4, 0.5) is 0 Å². The molecule has 2 atom stereocenters. The summed E-state index contributed by atoms with van der Waals surface area (Å²) in [5.74, 6) is 2.23. The Balaban J connectivity index is 1.08. The van der Waals surface area contributed by atoms with E-state index >= 15 is 0 Å². The lowest BCUT2D eigenvalue weighted by molar-refractivity contribution is 0.271. The van der Waals surface area contributed by atoms with Crippen LogP contribution in [0.15, 0.2) is 158 Å². The Morgan fingerprint density at radius 3 is 2.02 bits per heavy atom. The molecule has 4 heterocycles. The fourth-order valence-corrected chi connectivity index (χ4v) is 8.26. The maximum Gasteiger partial charge on any atom is 0.160 e. The number of fused-ring (bicyclic) bond motifs is 6. The third-order valence-electron chi connectivity index (χ3n) is 9.50. The highest BCUT2D eigenvalue weighted by Crippen LogP contribution is 2.49. The molecule has 1 aliphatic heterocycles. The van der Waals surface area contributed by atoms with E-state index in [0.717, 1.165) is 77.6 Å². The van der Waals surface area contributed by atoms with Gasteiger partial charge in [-0.25, -0.2) is 19.9 Å². The number of hydrogen-bond acceptors (Lipinski definition) is 6. The minimum atomic E-state index is -0.163. The molecule has 8 aromatic rings. The Hall–Kier alpha value is -6.24. The minimum Gasteiger partial charge on any atom is -0.485 e. The molecule has 5 aromatic carbocycles. The fraction of sp³-hybridized carbons (Fsp3) is 0.0455. The Kier molecular flexibility index (Phi) is 6.74. The van der Waals surface area contributed by atoms with Crippen molar-refractivity contribution >= 4 is 37.2 Å². The molecule has 5 nitrogen and oxygen atoms in total. The molecule has 0 bridgehead atoms. The lowest BCUT2D eigenvalue weighted by Gasteiger charge is -2.22. The lowest BCUT2D eigenvalue weighted by Crippen LogP contribution is -2.20. The van der Waals surface area contributed by atoms with Gasteiger partial charge in [0.15, 0.2) is 11.6 Å². The number of thiophene rings is 1. The second-order valence-corrected chi connectivity index (χ2v) is 13.6. The third kappa shape index (κ3) is 4.84. The number of rotatable bonds is 5. The van der Waals surface area contributed by atoms with Crippen LogP contribution >= 0.6 is 11.3 Å². The van der Waals surface area contributed by atoms with Crippen molar-refractivity contribution < 1.29 is 4.74 Å². The summed E-state index contributed by atoms with van der Waals surface area (Å²) >= 11 is 1.75. The normalized spacial score (nSPS) is 16.2. The van der Waals surface area contributed by atoms with Crippen LogP contribution in [0.1, 0.15) is 17.3 Å². The third-order valence-corrected chi connectivity index (χ3v) is 10.7. The van der Waals surface area contributed by atoms with Crippen LogP contribution < -0.4 is 4.74 Å². The van der Waals surface area contributed by atoms with E-state index in [-0.39, 0.29) is 12.0 Å². The number of ether oxygens (including phenoxy) is 1.